The minimum absolute atomic E-state index is 0.0546. The van der Waals surface area contributed by atoms with Crippen LogP contribution in [0.3, 0.4) is 0 Å². The van der Waals surface area contributed by atoms with E-state index in [1.54, 1.807) is 12.3 Å². The van der Waals surface area contributed by atoms with Crippen LogP contribution >= 0.6 is 46.1 Å². The van der Waals surface area contributed by atoms with Gasteiger partial charge >= 0.3 is 0 Å². The van der Waals surface area contributed by atoms with Gasteiger partial charge in [-0.15, -0.1) is 11.3 Å². The van der Waals surface area contributed by atoms with E-state index in [2.05, 4.69) is 9.98 Å². The lowest BCUT2D eigenvalue weighted by Gasteiger charge is -2.13. The molecule has 1 aliphatic rings. The van der Waals surface area contributed by atoms with Gasteiger partial charge in [-0.2, -0.15) is 0 Å². The summed E-state index contributed by atoms with van der Waals surface area (Å²) in [4.78, 5) is 20.3. The Morgan fingerprint density at radius 3 is 2.85 bits per heavy atom. The third-order valence-electron chi connectivity index (χ3n) is 3.20. The van der Waals surface area contributed by atoms with Crippen molar-refractivity contribution in [2.24, 2.45) is 10.9 Å². The van der Waals surface area contributed by atoms with Gasteiger partial charge in [0.15, 0.2) is 5.78 Å². The van der Waals surface area contributed by atoms with Gasteiger partial charge in [0.05, 0.1) is 31.3 Å². The predicted molar refractivity (Wildman–Crippen MR) is 84.8 cm³/mol. The quantitative estimate of drug-likeness (QED) is 0.753. The maximum atomic E-state index is 11.8. The molecule has 1 aromatic heterocycles. The third-order valence-corrected chi connectivity index (χ3v) is 5.50. The summed E-state index contributed by atoms with van der Waals surface area (Å²) in [6.45, 7) is 0.267. The summed E-state index contributed by atoms with van der Waals surface area (Å²) in [5.74, 6) is 0.100. The number of carbonyl (C=O) groups excluding carboxylic acids is 1. The van der Waals surface area contributed by atoms with Crippen LogP contribution in [0.2, 0.25) is 15.1 Å². The molecule has 1 atom stereocenters. The molecule has 20 heavy (non-hydrogen) atoms. The number of fused-ring (bicyclic) bond motifs is 1. The first-order valence-corrected chi connectivity index (χ1v) is 7.95. The predicted octanol–water partition coefficient (Wildman–Crippen LogP) is 4.46. The fraction of sp³-hybridized carbons (Fsp3) is 0.308. The van der Waals surface area contributed by atoms with E-state index in [1.807, 2.05) is 0 Å². The van der Waals surface area contributed by atoms with Crippen molar-refractivity contribution >= 4 is 68.4 Å². The molecule has 0 radical (unpaired) electrons. The maximum absolute atomic E-state index is 11.8. The van der Waals surface area contributed by atoms with Crippen molar-refractivity contribution in [1.82, 2.24) is 4.98 Å². The number of benzene rings is 1. The normalized spacial score (nSPS) is 18.9. The summed E-state index contributed by atoms with van der Waals surface area (Å²) in [6.07, 6.45) is 3.06. The third kappa shape index (κ3) is 2.58. The highest BCUT2D eigenvalue weighted by Gasteiger charge is 2.23. The SMILES string of the molecule is O=C1CN=CCC1Cc1nc2c(Cl)c(Cl)cc(Cl)c2s1. The number of hydrogen-bond donors (Lipinski definition) is 0. The van der Waals surface area contributed by atoms with Gasteiger partial charge in [-0.3, -0.25) is 9.79 Å². The van der Waals surface area contributed by atoms with E-state index in [0.29, 0.717) is 33.4 Å². The Kier molecular flexibility index (Phi) is 4.00. The molecule has 3 nitrogen and oxygen atoms in total. The monoisotopic (exact) mass is 346 g/mol. The van der Waals surface area contributed by atoms with E-state index in [-0.39, 0.29) is 18.2 Å². The molecular formula is C13H9Cl3N2OS. The lowest BCUT2D eigenvalue weighted by Crippen LogP contribution is -2.23. The van der Waals surface area contributed by atoms with Crippen LogP contribution in [0.4, 0.5) is 0 Å². The Bertz CT molecular complexity index is 726. The number of ketones is 1. The minimum atomic E-state index is -0.0546. The first-order chi connectivity index (χ1) is 9.56. The van der Waals surface area contributed by atoms with Crippen molar-refractivity contribution in [3.05, 3.63) is 26.1 Å². The molecule has 1 aliphatic heterocycles. The van der Waals surface area contributed by atoms with Gasteiger partial charge in [0.2, 0.25) is 0 Å². The zero-order chi connectivity index (χ0) is 14.3. The van der Waals surface area contributed by atoms with E-state index >= 15 is 0 Å². The highest BCUT2D eigenvalue weighted by atomic mass is 35.5. The van der Waals surface area contributed by atoms with Crippen LogP contribution in [-0.2, 0) is 11.2 Å². The number of carbonyl (C=O) groups is 1. The number of aromatic nitrogens is 1. The van der Waals surface area contributed by atoms with Crippen LogP contribution in [0.15, 0.2) is 11.1 Å². The average molecular weight is 348 g/mol. The molecule has 0 saturated heterocycles. The molecule has 104 valence electrons. The van der Waals surface area contributed by atoms with Gasteiger partial charge < -0.3 is 0 Å². The van der Waals surface area contributed by atoms with Gasteiger partial charge in [0.1, 0.15) is 5.52 Å². The molecule has 0 bridgehead atoms. The van der Waals surface area contributed by atoms with Crippen molar-refractivity contribution in [2.75, 3.05) is 6.54 Å². The fourth-order valence-electron chi connectivity index (χ4n) is 2.14. The van der Waals surface area contributed by atoms with Gasteiger partial charge in [-0.1, -0.05) is 34.8 Å². The molecule has 0 saturated carbocycles. The zero-order valence-electron chi connectivity index (χ0n) is 10.2. The molecule has 1 unspecified atom stereocenters. The van der Waals surface area contributed by atoms with Gasteiger partial charge in [0.25, 0.3) is 0 Å². The molecule has 0 aliphatic carbocycles. The molecular weight excluding hydrogens is 339 g/mol. The Morgan fingerprint density at radius 2 is 2.10 bits per heavy atom. The van der Waals surface area contributed by atoms with E-state index in [1.165, 1.54) is 11.3 Å². The van der Waals surface area contributed by atoms with E-state index in [4.69, 9.17) is 34.8 Å². The Balaban J connectivity index is 1.97. The van der Waals surface area contributed by atoms with E-state index in [9.17, 15) is 4.79 Å². The number of rotatable bonds is 2. The number of thiazole rings is 1. The second-order valence-corrected chi connectivity index (χ2v) is 6.84. The Labute approximate surface area is 134 Å². The van der Waals surface area contributed by atoms with Crippen molar-refractivity contribution in [1.29, 1.82) is 0 Å². The summed E-state index contributed by atoms with van der Waals surface area (Å²) in [7, 11) is 0. The molecule has 0 amide bonds. The minimum Gasteiger partial charge on any atom is -0.297 e. The van der Waals surface area contributed by atoms with Crippen LogP contribution in [0, 0.1) is 5.92 Å². The first-order valence-electron chi connectivity index (χ1n) is 6.00. The van der Waals surface area contributed by atoms with Crippen LogP contribution in [0.1, 0.15) is 11.4 Å². The fourth-order valence-corrected chi connectivity index (χ4v) is 4.01. The second-order valence-electron chi connectivity index (χ2n) is 4.57. The van der Waals surface area contributed by atoms with E-state index in [0.717, 1.165) is 9.71 Å². The highest BCUT2D eigenvalue weighted by molar-refractivity contribution is 7.19. The summed E-state index contributed by atoms with van der Waals surface area (Å²) in [6, 6.07) is 1.62. The summed E-state index contributed by atoms with van der Waals surface area (Å²) < 4.78 is 0.813. The number of Topliss-reactive ketones (excluding diaryl/α,β-unsaturated/α-hetero) is 1. The van der Waals surface area contributed by atoms with Crippen LogP contribution < -0.4 is 0 Å². The molecule has 0 spiro atoms. The van der Waals surface area contributed by atoms with Crippen LogP contribution in [-0.4, -0.2) is 23.5 Å². The smallest absolute Gasteiger partial charge is 0.158 e. The molecule has 0 N–H and O–H groups in total. The molecule has 1 aromatic carbocycles. The largest absolute Gasteiger partial charge is 0.297 e. The first kappa shape index (κ1) is 14.3. The van der Waals surface area contributed by atoms with Crippen molar-refractivity contribution in [2.45, 2.75) is 12.8 Å². The topological polar surface area (TPSA) is 42.3 Å². The number of halogens is 3. The van der Waals surface area contributed by atoms with Gasteiger partial charge in [-0.25, -0.2) is 4.98 Å². The summed E-state index contributed by atoms with van der Waals surface area (Å²) in [5, 5.41) is 2.18. The van der Waals surface area contributed by atoms with Crippen molar-refractivity contribution in [3.8, 4) is 0 Å². The maximum Gasteiger partial charge on any atom is 0.158 e. The van der Waals surface area contributed by atoms with Gasteiger partial charge in [-0.05, 0) is 18.7 Å². The zero-order valence-corrected chi connectivity index (χ0v) is 13.3. The second kappa shape index (κ2) is 5.60. The summed E-state index contributed by atoms with van der Waals surface area (Å²) in [5.41, 5.74) is 0.612. The molecule has 2 aromatic rings. The molecule has 0 fully saturated rings. The molecule has 2 heterocycles. The Morgan fingerprint density at radius 1 is 1.30 bits per heavy atom. The Hall–Kier alpha value is -0.680. The van der Waals surface area contributed by atoms with Crippen LogP contribution in [0.25, 0.3) is 10.2 Å². The standard InChI is InChI=1S/C13H9Cl3N2OS/c14-7-4-8(15)13-12(11(7)16)18-10(20-13)3-6-1-2-17-5-9(6)19/h2,4,6H,1,3,5H2. The number of nitrogens with zero attached hydrogens (tertiary/aromatic N) is 2. The lowest BCUT2D eigenvalue weighted by molar-refractivity contribution is -0.121. The molecule has 3 rings (SSSR count). The van der Waals surface area contributed by atoms with Crippen molar-refractivity contribution in [3.63, 3.8) is 0 Å². The van der Waals surface area contributed by atoms with Gasteiger partial charge in [0, 0.05) is 12.3 Å². The molecule has 7 heteroatoms. The highest BCUT2D eigenvalue weighted by Crippen LogP contribution is 2.39. The number of hydrogen-bond acceptors (Lipinski definition) is 4. The number of aliphatic imine (C=N–C) groups is 1. The van der Waals surface area contributed by atoms with Crippen LogP contribution in [0.5, 0.6) is 0 Å². The lowest BCUT2D eigenvalue weighted by atomic mass is 9.95. The summed E-state index contributed by atoms with van der Waals surface area (Å²) >= 11 is 19.8. The average Bonchev–Trinajstić information content (AvgIpc) is 2.83. The van der Waals surface area contributed by atoms with E-state index < -0.39 is 0 Å². The van der Waals surface area contributed by atoms with Crippen molar-refractivity contribution < 1.29 is 4.79 Å².